The van der Waals surface area contributed by atoms with Gasteiger partial charge in [-0.2, -0.15) is 5.26 Å². The quantitative estimate of drug-likeness (QED) is 0.905. The van der Waals surface area contributed by atoms with E-state index in [0.717, 1.165) is 36.6 Å². The average Bonchev–Trinajstić information content (AvgIpc) is 2.38. The molecule has 1 N–H and O–H groups in total. The van der Waals surface area contributed by atoms with E-state index in [1.807, 2.05) is 19.9 Å². The first-order chi connectivity index (χ1) is 9.13. The third kappa shape index (κ3) is 3.24. The molecule has 0 amide bonds. The first-order valence-corrected chi connectivity index (χ1v) is 7.01. The van der Waals surface area contributed by atoms with Crippen molar-refractivity contribution in [3.05, 3.63) is 22.9 Å². The second-order valence-corrected chi connectivity index (χ2v) is 5.29. The van der Waals surface area contributed by atoms with Crippen molar-refractivity contribution in [2.75, 3.05) is 25.0 Å². The summed E-state index contributed by atoms with van der Waals surface area (Å²) in [6.07, 6.45) is 2.36. The first-order valence-electron chi connectivity index (χ1n) is 7.01. The van der Waals surface area contributed by atoms with Gasteiger partial charge < -0.3 is 10.2 Å². The Morgan fingerprint density at radius 1 is 1.53 bits per heavy atom. The van der Waals surface area contributed by atoms with Crippen molar-refractivity contribution in [1.82, 2.24) is 9.88 Å². The molecule has 2 heterocycles. The van der Waals surface area contributed by atoms with Crippen molar-refractivity contribution in [2.24, 2.45) is 0 Å². The summed E-state index contributed by atoms with van der Waals surface area (Å²) in [4.78, 5) is 6.94. The Kier molecular flexibility index (Phi) is 4.39. The highest BCUT2D eigenvalue weighted by atomic mass is 15.2. The van der Waals surface area contributed by atoms with Gasteiger partial charge in [-0.05, 0) is 51.4 Å². The molecular formula is C15H22N4. The highest BCUT2D eigenvalue weighted by Gasteiger charge is 2.20. The van der Waals surface area contributed by atoms with Crippen LogP contribution in [0.4, 0.5) is 5.82 Å². The number of piperidine rings is 1. The van der Waals surface area contributed by atoms with Crippen LogP contribution in [-0.4, -0.2) is 35.6 Å². The minimum atomic E-state index is 0.398. The lowest BCUT2D eigenvalue weighted by molar-refractivity contribution is 0.226. The van der Waals surface area contributed by atoms with Crippen LogP contribution < -0.4 is 5.32 Å². The molecule has 4 nitrogen and oxygen atoms in total. The Morgan fingerprint density at radius 2 is 2.32 bits per heavy atom. The van der Waals surface area contributed by atoms with Crippen molar-refractivity contribution in [3.63, 3.8) is 0 Å². The van der Waals surface area contributed by atoms with Crippen LogP contribution in [-0.2, 0) is 0 Å². The number of likely N-dealkylation sites (tertiary alicyclic amines) is 1. The number of aromatic nitrogens is 1. The normalized spacial score (nSPS) is 20.0. The van der Waals surface area contributed by atoms with Crippen LogP contribution in [0.25, 0.3) is 0 Å². The second-order valence-electron chi connectivity index (χ2n) is 5.29. The van der Waals surface area contributed by atoms with Gasteiger partial charge in [-0.1, -0.05) is 6.92 Å². The van der Waals surface area contributed by atoms with Crippen LogP contribution in [0.15, 0.2) is 6.07 Å². The van der Waals surface area contributed by atoms with Gasteiger partial charge in [-0.15, -0.1) is 0 Å². The van der Waals surface area contributed by atoms with Gasteiger partial charge in [0.2, 0.25) is 0 Å². The van der Waals surface area contributed by atoms with Gasteiger partial charge >= 0.3 is 0 Å². The third-order valence-corrected chi connectivity index (χ3v) is 3.75. The van der Waals surface area contributed by atoms with E-state index >= 15 is 0 Å². The predicted octanol–water partition coefficient (Wildman–Crippen LogP) is 2.47. The van der Waals surface area contributed by atoms with Crippen molar-refractivity contribution < 1.29 is 0 Å². The monoisotopic (exact) mass is 258 g/mol. The van der Waals surface area contributed by atoms with Crippen molar-refractivity contribution in [2.45, 2.75) is 39.7 Å². The van der Waals surface area contributed by atoms with Crippen LogP contribution in [0, 0.1) is 25.2 Å². The first kappa shape index (κ1) is 13.8. The smallest absolute Gasteiger partial charge is 0.144 e. The molecule has 1 aliphatic rings. The maximum atomic E-state index is 9.28. The molecule has 0 radical (unpaired) electrons. The molecule has 0 aliphatic carbocycles. The van der Waals surface area contributed by atoms with Crippen LogP contribution in [0.5, 0.6) is 0 Å². The lowest BCUT2D eigenvalue weighted by Crippen LogP contribution is -2.42. The maximum Gasteiger partial charge on any atom is 0.144 e. The van der Waals surface area contributed by atoms with E-state index in [9.17, 15) is 5.26 Å². The molecule has 19 heavy (non-hydrogen) atoms. The Labute approximate surface area is 115 Å². The zero-order valence-corrected chi connectivity index (χ0v) is 12.0. The van der Waals surface area contributed by atoms with Crippen LogP contribution in [0.2, 0.25) is 0 Å². The molecule has 0 aromatic carbocycles. The Bertz CT molecular complexity index is 490. The predicted molar refractivity (Wildman–Crippen MR) is 77.2 cm³/mol. The number of nitrogens with one attached hydrogen (secondary N) is 1. The van der Waals surface area contributed by atoms with Gasteiger partial charge in [0.25, 0.3) is 0 Å². The average molecular weight is 258 g/mol. The van der Waals surface area contributed by atoms with E-state index in [0.29, 0.717) is 11.6 Å². The zero-order valence-electron chi connectivity index (χ0n) is 12.0. The van der Waals surface area contributed by atoms with Crippen molar-refractivity contribution in [3.8, 4) is 6.07 Å². The van der Waals surface area contributed by atoms with E-state index in [2.05, 4.69) is 28.2 Å². The fourth-order valence-corrected chi connectivity index (χ4v) is 2.74. The summed E-state index contributed by atoms with van der Waals surface area (Å²) in [5.74, 6) is 0.753. The summed E-state index contributed by atoms with van der Waals surface area (Å²) in [5, 5.41) is 12.7. The fourth-order valence-electron chi connectivity index (χ4n) is 2.74. The summed E-state index contributed by atoms with van der Waals surface area (Å²) < 4.78 is 0. The summed E-state index contributed by atoms with van der Waals surface area (Å²) in [5.41, 5.74) is 2.64. The molecule has 1 aromatic rings. The summed E-state index contributed by atoms with van der Waals surface area (Å²) >= 11 is 0. The molecule has 0 saturated carbocycles. The summed E-state index contributed by atoms with van der Waals surface area (Å²) in [7, 11) is 0. The molecule has 1 aromatic heterocycles. The van der Waals surface area contributed by atoms with Crippen LogP contribution >= 0.6 is 0 Å². The Hall–Kier alpha value is -1.60. The van der Waals surface area contributed by atoms with Gasteiger partial charge in [-0.3, -0.25) is 0 Å². The molecule has 0 bridgehead atoms. The molecule has 1 atom stereocenters. The Balaban J connectivity index is 2.17. The number of nitrogens with zero attached hydrogens (tertiary/aromatic N) is 3. The number of hydrogen-bond donors (Lipinski definition) is 1. The molecular weight excluding hydrogens is 236 g/mol. The number of rotatable bonds is 3. The topological polar surface area (TPSA) is 52.0 Å². The third-order valence-electron chi connectivity index (χ3n) is 3.75. The molecule has 102 valence electrons. The summed E-state index contributed by atoms with van der Waals surface area (Å²) in [6, 6.07) is 4.63. The van der Waals surface area contributed by atoms with Crippen LogP contribution in [0.3, 0.4) is 0 Å². The molecule has 1 aliphatic heterocycles. The molecule has 2 rings (SSSR count). The number of aryl methyl sites for hydroxylation is 2. The van der Waals surface area contributed by atoms with Gasteiger partial charge in [0.05, 0.1) is 5.56 Å². The lowest BCUT2D eigenvalue weighted by atomic mass is 10.0. The minimum absolute atomic E-state index is 0.398. The van der Waals surface area contributed by atoms with Gasteiger partial charge in [0, 0.05) is 18.3 Å². The number of anilines is 1. The van der Waals surface area contributed by atoms with Crippen LogP contribution in [0.1, 0.15) is 36.6 Å². The SMILES string of the molecule is CCN1CCCC(Nc2nc(C)cc(C)c2C#N)C1. The maximum absolute atomic E-state index is 9.28. The molecule has 1 saturated heterocycles. The molecule has 4 heteroatoms. The molecule has 0 spiro atoms. The van der Waals surface area contributed by atoms with E-state index in [-0.39, 0.29) is 0 Å². The molecule has 1 fully saturated rings. The summed E-state index contributed by atoms with van der Waals surface area (Å²) in [6.45, 7) is 9.44. The van der Waals surface area contributed by atoms with E-state index in [1.54, 1.807) is 0 Å². The van der Waals surface area contributed by atoms with Gasteiger partial charge in [0.15, 0.2) is 0 Å². The highest BCUT2D eigenvalue weighted by molar-refractivity contribution is 5.56. The minimum Gasteiger partial charge on any atom is -0.365 e. The fraction of sp³-hybridized carbons (Fsp3) is 0.600. The second kappa shape index (κ2) is 6.03. The number of hydrogen-bond acceptors (Lipinski definition) is 4. The van der Waals surface area contributed by atoms with Gasteiger partial charge in [-0.25, -0.2) is 4.98 Å². The zero-order chi connectivity index (χ0) is 13.8. The largest absolute Gasteiger partial charge is 0.365 e. The van der Waals surface area contributed by atoms with E-state index < -0.39 is 0 Å². The van der Waals surface area contributed by atoms with E-state index in [4.69, 9.17) is 0 Å². The highest BCUT2D eigenvalue weighted by Crippen LogP contribution is 2.21. The standard InChI is InChI=1S/C15H22N4/c1-4-19-7-5-6-13(10-19)18-15-14(9-16)11(2)8-12(3)17-15/h8,13H,4-7,10H2,1-3H3,(H,17,18). The van der Waals surface area contributed by atoms with Gasteiger partial charge in [0.1, 0.15) is 11.9 Å². The van der Waals surface area contributed by atoms with Crippen molar-refractivity contribution in [1.29, 1.82) is 5.26 Å². The lowest BCUT2D eigenvalue weighted by Gasteiger charge is -2.32. The number of nitriles is 1. The number of likely N-dealkylation sites (N-methyl/N-ethyl adjacent to an activating group) is 1. The van der Waals surface area contributed by atoms with Crippen molar-refractivity contribution >= 4 is 5.82 Å². The Morgan fingerprint density at radius 3 is 3.00 bits per heavy atom. The number of pyridine rings is 1. The van der Waals surface area contributed by atoms with E-state index in [1.165, 1.54) is 13.0 Å². The molecule has 1 unspecified atom stereocenters.